The maximum Gasteiger partial charge on any atom is 0.310 e. The molecule has 2 aliphatic rings. The van der Waals surface area contributed by atoms with Gasteiger partial charge in [-0.15, -0.1) is 24.0 Å². The lowest BCUT2D eigenvalue weighted by molar-refractivity contribution is -0.145. The Hall–Kier alpha value is -0.610. The standard InChI is InChI=1S/C18H34N4O3.HI/c1-6-19-18(21-10-13(2)16(11-21)17(23)24-5)20-9-14(3)22-7-8-25-12-15(22)4;/h13-16H,6-12H2,1-5H3,(H,19,20);1H. The van der Waals surface area contributed by atoms with Gasteiger partial charge in [0, 0.05) is 38.3 Å². The van der Waals surface area contributed by atoms with E-state index < -0.39 is 0 Å². The number of guanidine groups is 1. The van der Waals surface area contributed by atoms with Gasteiger partial charge in [0.05, 0.1) is 32.8 Å². The van der Waals surface area contributed by atoms with Crippen molar-refractivity contribution in [3.63, 3.8) is 0 Å². The molecular weight excluding hydrogens is 447 g/mol. The predicted octanol–water partition coefficient (Wildman–Crippen LogP) is 1.42. The van der Waals surface area contributed by atoms with Gasteiger partial charge in [0.1, 0.15) is 0 Å². The number of halogens is 1. The van der Waals surface area contributed by atoms with Crippen molar-refractivity contribution < 1.29 is 14.3 Å². The summed E-state index contributed by atoms with van der Waals surface area (Å²) in [5.41, 5.74) is 0. The van der Waals surface area contributed by atoms with Crippen LogP contribution in [0.25, 0.3) is 0 Å². The summed E-state index contributed by atoms with van der Waals surface area (Å²) < 4.78 is 10.5. The molecule has 0 spiro atoms. The highest BCUT2D eigenvalue weighted by Crippen LogP contribution is 2.24. The number of carbonyl (C=O) groups is 1. The largest absolute Gasteiger partial charge is 0.469 e. The lowest BCUT2D eigenvalue weighted by atomic mass is 9.99. The van der Waals surface area contributed by atoms with Crippen molar-refractivity contribution in [3.05, 3.63) is 0 Å². The van der Waals surface area contributed by atoms with E-state index in [9.17, 15) is 4.79 Å². The lowest BCUT2D eigenvalue weighted by Gasteiger charge is -2.37. The Morgan fingerprint density at radius 3 is 2.73 bits per heavy atom. The van der Waals surface area contributed by atoms with Gasteiger partial charge < -0.3 is 19.7 Å². The van der Waals surface area contributed by atoms with Crippen molar-refractivity contribution in [1.82, 2.24) is 15.1 Å². The predicted molar refractivity (Wildman–Crippen MR) is 114 cm³/mol. The topological polar surface area (TPSA) is 66.4 Å². The van der Waals surface area contributed by atoms with Gasteiger partial charge in [0.2, 0.25) is 0 Å². The molecule has 0 bridgehead atoms. The fourth-order valence-corrected chi connectivity index (χ4v) is 3.74. The van der Waals surface area contributed by atoms with E-state index in [0.717, 1.165) is 45.4 Å². The Balaban J connectivity index is 0.00000338. The molecule has 2 heterocycles. The van der Waals surface area contributed by atoms with E-state index in [1.165, 1.54) is 7.11 Å². The van der Waals surface area contributed by atoms with E-state index in [4.69, 9.17) is 14.5 Å². The molecule has 4 atom stereocenters. The van der Waals surface area contributed by atoms with Crippen LogP contribution in [0, 0.1) is 11.8 Å². The SMILES string of the molecule is CCNC(=NCC(C)N1CCOCC1C)N1CC(C)C(C(=O)OC)C1.I. The average molecular weight is 482 g/mol. The van der Waals surface area contributed by atoms with Gasteiger partial charge in [-0.2, -0.15) is 0 Å². The molecule has 152 valence electrons. The van der Waals surface area contributed by atoms with Gasteiger partial charge in [-0.05, 0) is 26.7 Å². The number of methoxy groups -OCH3 is 1. The van der Waals surface area contributed by atoms with Gasteiger partial charge in [0.15, 0.2) is 5.96 Å². The fourth-order valence-electron chi connectivity index (χ4n) is 3.74. The van der Waals surface area contributed by atoms with Crippen LogP contribution in [-0.2, 0) is 14.3 Å². The van der Waals surface area contributed by atoms with Crippen molar-refractivity contribution >= 4 is 35.9 Å². The highest BCUT2D eigenvalue weighted by Gasteiger charge is 2.37. The molecule has 2 rings (SSSR count). The first-order valence-electron chi connectivity index (χ1n) is 9.42. The molecule has 0 aromatic rings. The van der Waals surface area contributed by atoms with Crippen LogP contribution >= 0.6 is 24.0 Å². The van der Waals surface area contributed by atoms with Crippen LogP contribution in [0.4, 0.5) is 0 Å². The zero-order valence-electron chi connectivity index (χ0n) is 16.7. The molecule has 0 aliphatic carbocycles. The van der Waals surface area contributed by atoms with Crippen LogP contribution < -0.4 is 5.32 Å². The minimum absolute atomic E-state index is 0. The first-order valence-corrected chi connectivity index (χ1v) is 9.42. The van der Waals surface area contributed by atoms with Crippen molar-refractivity contribution in [2.75, 3.05) is 53.0 Å². The molecule has 4 unspecified atom stereocenters. The molecule has 26 heavy (non-hydrogen) atoms. The maximum absolute atomic E-state index is 11.9. The zero-order valence-corrected chi connectivity index (χ0v) is 19.1. The van der Waals surface area contributed by atoms with E-state index in [1.807, 2.05) is 0 Å². The Morgan fingerprint density at radius 1 is 1.38 bits per heavy atom. The molecule has 2 fully saturated rings. The molecule has 0 aromatic heterocycles. The number of rotatable bonds is 5. The molecule has 0 aromatic carbocycles. The number of nitrogens with one attached hydrogen (secondary N) is 1. The molecule has 2 saturated heterocycles. The lowest BCUT2D eigenvalue weighted by Crippen LogP contribution is -2.49. The van der Waals surface area contributed by atoms with E-state index in [1.54, 1.807) is 0 Å². The van der Waals surface area contributed by atoms with Crippen molar-refractivity contribution in [1.29, 1.82) is 0 Å². The van der Waals surface area contributed by atoms with Crippen molar-refractivity contribution in [2.45, 2.75) is 39.8 Å². The summed E-state index contributed by atoms with van der Waals surface area (Å²) in [6.45, 7) is 14.2. The first kappa shape index (κ1) is 23.4. The van der Waals surface area contributed by atoms with E-state index >= 15 is 0 Å². The average Bonchev–Trinajstić information content (AvgIpc) is 2.99. The molecular formula is C18H35IN4O3. The number of likely N-dealkylation sites (tertiary alicyclic amines) is 1. The number of esters is 1. The van der Waals surface area contributed by atoms with E-state index in [-0.39, 0.29) is 41.8 Å². The van der Waals surface area contributed by atoms with Crippen LogP contribution in [0.2, 0.25) is 0 Å². The van der Waals surface area contributed by atoms with E-state index in [2.05, 4.69) is 42.8 Å². The number of hydrogen-bond donors (Lipinski definition) is 1. The number of nitrogens with zero attached hydrogens (tertiary/aromatic N) is 3. The Morgan fingerprint density at radius 2 is 2.12 bits per heavy atom. The zero-order chi connectivity index (χ0) is 18.4. The molecule has 7 nitrogen and oxygen atoms in total. The molecule has 1 N–H and O–H groups in total. The minimum atomic E-state index is -0.124. The first-order chi connectivity index (χ1) is 12.0. The van der Waals surface area contributed by atoms with E-state index in [0.29, 0.717) is 18.6 Å². The van der Waals surface area contributed by atoms with Gasteiger partial charge in [-0.3, -0.25) is 14.7 Å². The number of ether oxygens (including phenoxy) is 2. The third-order valence-corrected chi connectivity index (χ3v) is 5.24. The highest BCUT2D eigenvalue weighted by molar-refractivity contribution is 14.0. The highest BCUT2D eigenvalue weighted by atomic mass is 127. The third-order valence-electron chi connectivity index (χ3n) is 5.24. The Labute approximate surface area is 174 Å². The number of morpholine rings is 1. The number of aliphatic imine (C=N–C) groups is 1. The minimum Gasteiger partial charge on any atom is -0.469 e. The Kier molecular flexibility index (Phi) is 10.2. The summed E-state index contributed by atoms with van der Waals surface area (Å²) in [7, 11) is 1.46. The van der Waals surface area contributed by atoms with Crippen LogP contribution in [0.15, 0.2) is 4.99 Å². The molecule has 0 radical (unpaired) electrons. The monoisotopic (exact) mass is 482 g/mol. The second-order valence-corrected chi connectivity index (χ2v) is 7.22. The van der Waals surface area contributed by atoms with Crippen LogP contribution in [0.5, 0.6) is 0 Å². The smallest absolute Gasteiger partial charge is 0.310 e. The summed E-state index contributed by atoms with van der Waals surface area (Å²) in [4.78, 5) is 21.4. The second kappa shape index (κ2) is 11.3. The van der Waals surface area contributed by atoms with Crippen molar-refractivity contribution in [2.24, 2.45) is 16.8 Å². The second-order valence-electron chi connectivity index (χ2n) is 7.22. The summed E-state index contributed by atoms with van der Waals surface area (Å²) in [6.07, 6.45) is 0. The molecule has 0 saturated carbocycles. The van der Waals surface area contributed by atoms with Gasteiger partial charge >= 0.3 is 5.97 Å². The normalized spacial score (nSPS) is 28.4. The summed E-state index contributed by atoms with van der Waals surface area (Å²) in [6, 6.07) is 0.793. The van der Waals surface area contributed by atoms with Crippen molar-refractivity contribution in [3.8, 4) is 0 Å². The van der Waals surface area contributed by atoms with Gasteiger partial charge in [-0.25, -0.2) is 0 Å². The maximum atomic E-state index is 11.9. The molecule has 8 heteroatoms. The van der Waals surface area contributed by atoms with Crippen LogP contribution in [-0.4, -0.2) is 86.9 Å². The summed E-state index contributed by atoms with van der Waals surface area (Å²) in [5, 5.41) is 3.37. The summed E-state index contributed by atoms with van der Waals surface area (Å²) >= 11 is 0. The van der Waals surface area contributed by atoms with Gasteiger partial charge in [-0.1, -0.05) is 6.92 Å². The fraction of sp³-hybridized carbons (Fsp3) is 0.889. The summed E-state index contributed by atoms with van der Waals surface area (Å²) in [5.74, 6) is 0.966. The van der Waals surface area contributed by atoms with Gasteiger partial charge in [0.25, 0.3) is 0 Å². The van der Waals surface area contributed by atoms with Crippen LogP contribution in [0.3, 0.4) is 0 Å². The quantitative estimate of drug-likeness (QED) is 0.277. The Bertz CT molecular complexity index is 477. The van der Waals surface area contributed by atoms with Crippen LogP contribution in [0.1, 0.15) is 27.7 Å². The molecule has 2 aliphatic heterocycles. The molecule has 0 amide bonds. The number of carbonyl (C=O) groups excluding carboxylic acids is 1. The number of hydrogen-bond acceptors (Lipinski definition) is 5. The third kappa shape index (κ3) is 5.95.